The third-order valence-electron chi connectivity index (χ3n) is 2.49. The fourth-order valence-corrected chi connectivity index (χ4v) is 2.67. The highest BCUT2D eigenvalue weighted by Gasteiger charge is 2.09. The van der Waals surface area contributed by atoms with Crippen LogP contribution in [0, 0.1) is 5.92 Å². The normalized spacial score (nSPS) is 15.4. The zero-order chi connectivity index (χ0) is 10.6. The molecule has 14 heavy (non-hydrogen) atoms. The average Bonchev–Trinajstić information content (AvgIpc) is 2.50. The van der Waals surface area contributed by atoms with E-state index in [4.69, 9.17) is 17.3 Å². The number of nitrogens with two attached hydrogens (primary N) is 1. The SMILES string of the molecule is CCC(C)CC(N)Cc1ccc(Cl)s1. The van der Waals surface area contributed by atoms with Gasteiger partial charge in [0.05, 0.1) is 4.34 Å². The Kier molecular flexibility index (Phi) is 4.93. The van der Waals surface area contributed by atoms with Crippen molar-refractivity contribution in [2.45, 2.75) is 39.2 Å². The second-order valence-electron chi connectivity index (χ2n) is 3.92. The molecule has 0 radical (unpaired) electrons. The van der Waals surface area contributed by atoms with E-state index in [-0.39, 0.29) is 6.04 Å². The van der Waals surface area contributed by atoms with E-state index in [1.165, 1.54) is 11.3 Å². The molecule has 1 aromatic rings. The monoisotopic (exact) mass is 231 g/mol. The van der Waals surface area contributed by atoms with Crippen LogP contribution >= 0.6 is 22.9 Å². The Bertz CT molecular complexity index is 272. The van der Waals surface area contributed by atoms with Gasteiger partial charge in [0.2, 0.25) is 0 Å². The summed E-state index contributed by atoms with van der Waals surface area (Å²) >= 11 is 7.49. The van der Waals surface area contributed by atoms with Crippen molar-refractivity contribution in [1.29, 1.82) is 0 Å². The highest BCUT2D eigenvalue weighted by Crippen LogP contribution is 2.23. The summed E-state index contributed by atoms with van der Waals surface area (Å²) in [6, 6.07) is 4.29. The number of rotatable bonds is 5. The van der Waals surface area contributed by atoms with Gasteiger partial charge in [0.1, 0.15) is 0 Å². The highest BCUT2D eigenvalue weighted by atomic mass is 35.5. The van der Waals surface area contributed by atoms with Gasteiger partial charge in [0, 0.05) is 10.9 Å². The lowest BCUT2D eigenvalue weighted by molar-refractivity contribution is 0.451. The molecule has 0 aromatic carbocycles. The molecule has 0 saturated heterocycles. The molecule has 3 heteroatoms. The predicted molar refractivity (Wildman–Crippen MR) is 65.1 cm³/mol. The van der Waals surface area contributed by atoms with E-state index in [0.717, 1.165) is 23.1 Å². The Morgan fingerprint density at radius 2 is 2.21 bits per heavy atom. The lowest BCUT2D eigenvalue weighted by Gasteiger charge is -2.14. The molecule has 0 aliphatic heterocycles. The molecule has 0 fully saturated rings. The van der Waals surface area contributed by atoms with Gasteiger partial charge in [-0.3, -0.25) is 0 Å². The van der Waals surface area contributed by atoms with Crippen molar-refractivity contribution < 1.29 is 0 Å². The minimum Gasteiger partial charge on any atom is -0.327 e. The van der Waals surface area contributed by atoms with Crippen molar-refractivity contribution >= 4 is 22.9 Å². The molecule has 2 unspecified atom stereocenters. The molecule has 1 aromatic heterocycles. The molecule has 2 N–H and O–H groups in total. The van der Waals surface area contributed by atoms with Crippen molar-refractivity contribution in [3.05, 3.63) is 21.3 Å². The molecule has 0 aliphatic carbocycles. The maximum absolute atomic E-state index is 6.06. The van der Waals surface area contributed by atoms with Gasteiger partial charge in [0.25, 0.3) is 0 Å². The lowest BCUT2D eigenvalue weighted by atomic mass is 9.98. The first kappa shape index (κ1) is 12.0. The van der Waals surface area contributed by atoms with Gasteiger partial charge < -0.3 is 5.73 Å². The van der Waals surface area contributed by atoms with Crippen molar-refractivity contribution in [1.82, 2.24) is 0 Å². The topological polar surface area (TPSA) is 26.0 Å². The summed E-state index contributed by atoms with van der Waals surface area (Å²) in [5.41, 5.74) is 6.06. The molecule has 0 spiro atoms. The summed E-state index contributed by atoms with van der Waals surface area (Å²) in [5, 5.41) is 0. The van der Waals surface area contributed by atoms with Crippen LogP contribution < -0.4 is 5.73 Å². The van der Waals surface area contributed by atoms with Crippen LogP contribution in [0.1, 0.15) is 31.6 Å². The third-order valence-corrected chi connectivity index (χ3v) is 3.75. The van der Waals surface area contributed by atoms with Crippen molar-refractivity contribution in [2.75, 3.05) is 0 Å². The molecule has 0 bridgehead atoms. The predicted octanol–water partition coefficient (Wildman–Crippen LogP) is 3.71. The van der Waals surface area contributed by atoms with Gasteiger partial charge >= 0.3 is 0 Å². The Labute approximate surface area is 95.3 Å². The molecular formula is C11H18ClNS. The first-order valence-corrected chi connectivity index (χ1v) is 6.31. The van der Waals surface area contributed by atoms with Crippen LogP contribution in [-0.4, -0.2) is 6.04 Å². The fraction of sp³-hybridized carbons (Fsp3) is 0.636. The summed E-state index contributed by atoms with van der Waals surface area (Å²) in [6.45, 7) is 4.46. The van der Waals surface area contributed by atoms with E-state index in [1.807, 2.05) is 6.07 Å². The molecule has 1 heterocycles. The van der Waals surface area contributed by atoms with Crippen LogP contribution in [0.4, 0.5) is 0 Å². The van der Waals surface area contributed by atoms with Gasteiger partial charge in [-0.15, -0.1) is 11.3 Å². The smallest absolute Gasteiger partial charge is 0.0931 e. The number of hydrogen-bond donors (Lipinski definition) is 1. The zero-order valence-corrected chi connectivity index (χ0v) is 10.4. The number of halogens is 1. The van der Waals surface area contributed by atoms with Gasteiger partial charge in [-0.1, -0.05) is 31.9 Å². The average molecular weight is 232 g/mol. The van der Waals surface area contributed by atoms with E-state index in [1.54, 1.807) is 11.3 Å². The maximum atomic E-state index is 6.06. The maximum Gasteiger partial charge on any atom is 0.0931 e. The van der Waals surface area contributed by atoms with Gasteiger partial charge in [-0.05, 0) is 30.9 Å². The lowest BCUT2D eigenvalue weighted by Crippen LogP contribution is -2.24. The first-order chi connectivity index (χ1) is 6.61. The van der Waals surface area contributed by atoms with Crippen molar-refractivity contribution in [3.63, 3.8) is 0 Å². The van der Waals surface area contributed by atoms with E-state index in [2.05, 4.69) is 19.9 Å². The molecule has 0 aliphatic rings. The van der Waals surface area contributed by atoms with Gasteiger partial charge in [-0.2, -0.15) is 0 Å². The Balaban J connectivity index is 2.37. The third kappa shape index (κ3) is 3.99. The largest absolute Gasteiger partial charge is 0.327 e. The molecule has 1 rings (SSSR count). The summed E-state index contributed by atoms with van der Waals surface area (Å²) in [4.78, 5) is 1.30. The molecule has 80 valence electrons. The van der Waals surface area contributed by atoms with E-state index >= 15 is 0 Å². The summed E-state index contributed by atoms with van der Waals surface area (Å²) in [6.07, 6.45) is 3.27. The molecule has 1 nitrogen and oxygen atoms in total. The van der Waals surface area contributed by atoms with Crippen LogP contribution in [0.15, 0.2) is 12.1 Å². The second-order valence-corrected chi connectivity index (χ2v) is 5.72. The van der Waals surface area contributed by atoms with Gasteiger partial charge in [-0.25, -0.2) is 0 Å². The Morgan fingerprint density at radius 3 is 2.71 bits per heavy atom. The summed E-state index contributed by atoms with van der Waals surface area (Å²) < 4.78 is 0.857. The minimum atomic E-state index is 0.277. The van der Waals surface area contributed by atoms with Crippen LogP contribution in [0.2, 0.25) is 4.34 Å². The molecule has 2 atom stereocenters. The highest BCUT2D eigenvalue weighted by molar-refractivity contribution is 7.16. The van der Waals surface area contributed by atoms with E-state index < -0.39 is 0 Å². The quantitative estimate of drug-likeness (QED) is 0.822. The number of hydrogen-bond acceptors (Lipinski definition) is 2. The Morgan fingerprint density at radius 1 is 1.50 bits per heavy atom. The van der Waals surface area contributed by atoms with Crippen molar-refractivity contribution in [3.8, 4) is 0 Å². The Hall–Kier alpha value is -0.0500. The van der Waals surface area contributed by atoms with E-state index in [9.17, 15) is 0 Å². The first-order valence-electron chi connectivity index (χ1n) is 5.11. The molecule has 0 saturated carbocycles. The molecular weight excluding hydrogens is 214 g/mol. The van der Waals surface area contributed by atoms with Crippen LogP contribution in [-0.2, 0) is 6.42 Å². The summed E-state index contributed by atoms with van der Waals surface area (Å²) in [5.74, 6) is 0.723. The molecule has 0 amide bonds. The summed E-state index contributed by atoms with van der Waals surface area (Å²) in [7, 11) is 0. The fourth-order valence-electron chi connectivity index (χ4n) is 1.49. The van der Waals surface area contributed by atoms with Crippen molar-refractivity contribution in [2.24, 2.45) is 11.7 Å². The zero-order valence-electron chi connectivity index (χ0n) is 8.79. The van der Waals surface area contributed by atoms with Crippen LogP contribution in [0.3, 0.4) is 0 Å². The second kappa shape index (κ2) is 5.74. The van der Waals surface area contributed by atoms with Crippen LogP contribution in [0.5, 0.6) is 0 Å². The van der Waals surface area contributed by atoms with Gasteiger partial charge in [0.15, 0.2) is 0 Å². The van der Waals surface area contributed by atoms with E-state index in [0.29, 0.717) is 0 Å². The number of thiophene rings is 1. The standard InChI is InChI=1S/C11H18ClNS/c1-3-8(2)6-9(13)7-10-4-5-11(12)14-10/h4-5,8-9H,3,6-7,13H2,1-2H3. The van der Waals surface area contributed by atoms with Crippen LogP contribution in [0.25, 0.3) is 0 Å². The minimum absolute atomic E-state index is 0.277.